The van der Waals surface area contributed by atoms with E-state index in [4.69, 9.17) is 0 Å². The van der Waals surface area contributed by atoms with Crippen molar-refractivity contribution in [3.05, 3.63) is 0 Å². The van der Waals surface area contributed by atoms with Crippen molar-refractivity contribution < 1.29 is 25.2 Å². The Morgan fingerprint density at radius 2 is 2.50 bits per heavy atom. The van der Waals surface area contributed by atoms with Crippen LogP contribution < -0.4 is 0 Å². The van der Waals surface area contributed by atoms with Crippen LogP contribution in [0.4, 0.5) is 0 Å². The van der Waals surface area contributed by atoms with Crippen LogP contribution in [0.3, 0.4) is 0 Å². The minimum absolute atomic E-state index is 0. The topological polar surface area (TPSA) is 21.6 Å². The summed E-state index contributed by atoms with van der Waals surface area (Å²) >= 11 is 0. The Bertz CT molecular complexity index is 48.8. The van der Waals surface area contributed by atoms with Crippen LogP contribution in [-0.4, -0.2) is 19.6 Å². The summed E-state index contributed by atoms with van der Waals surface area (Å²) in [5.74, 6) is 0. The Morgan fingerprint density at radius 3 is 2.67 bits per heavy atom. The molecule has 3 heteroatoms. The Kier molecular flexibility index (Phi) is 3.40. The van der Waals surface area contributed by atoms with E-state index in [9.17, 15) is 0 Å². The van der Waals surface area contributed by atoms with Gasteiger partial charge >= 0.3 is 0 Å². The van der Waals surface area contributed by atoms with E-state index < -0.39 is 0 Å². The fourth-order valence-corrected chi connectivity index (χ4v) is 0.264. The second kappa shape index (κ2) is 3.33. The molecule has 1 heterocycles. The van der Waals surface area contributed by atoms with Gasteiger partial charge in [0.1, 0.15) is 6.61 Å². The van der Waals surface area contributed by atoms with Crippen molar-refractivity contribution in [1.29, 1.82) is 0 Å². The molecule has 1 aliphatic rings. The van der Waals surface area contributed by atoms with Crippen LogP contribution in [0.15, 0.2) is 4.99 Å². The molecule has 0 bridgehead atoms. The molecule has 0 aromatic carbocycles. The molecule has 1 rings (SSSR count). The van der Waals surface area contributed by atoms with Gasteiger partial charge in [0, 0.05) is 20.4 Å². The van der Waals surface area contributed by atoms with Gasteiger partial charge in [-0.25, -0.2) is 0 Å². The van der Waals surface area contributed by atoms with Gasteiger partial charge in [0.2, 0.25) is 0 Å². The zero-order chi connectivity index (χ0) is 3.54. The number of hydrogen-bond donors (Lipinski definition) is 0. The van der Waals surface area contributed by atoms with Crippen molar-refractivity contribution >= 4 is 6.40 Å². The first kappa shape index (κ1) is 6.13. The second-order valence-corrected chi connectivity index (χ2v) is 0.882. The predicted octanol–water partition coefficient (Wildman–Crippen LogP) is 0.0424. The smallest absolute Gasteiger partial charge is 0.169 e. The van der Waals surface area contributed by atoms with Crippen LogP contribution in [0.25, 0.3) is 0 Å². The molecule has 0 radical (unpaired) electrons. The molecule has 0 aliphatic carbocycles. The maximum Gasteiger partial charge on any atom is 0.169 e. The molecule has 38 valence electrons. The third kappa shape index (κ3) is 1.54. The molecule has 0 unspecified atom stereocenters. The predicted molar refractivity (Wildman–Crippen MR) is 19.3 cm³/mol. The summed E-state index contributed by atoms with van der Waals surface area (Å²) in [6.07, 6.45) is 1.49. The molecular weight excluding hydrogens is 172 g/mol. The molecule has 0 saturated heterocycles. The molecule has 1 aliphatic heterocycles. The van der Waals surface area contributed by atoms with Gasteiger partial charge in [-0.3, -0.25) is 4.99 Å². The fraction of sp³-hybridized carbons (Fsp3) is 0.667. The number of nitrogens with zero attached hydrogens (tertiary/aromatic N) is 1. The Morgan fingerprint density at radius 1 is 1.67 bits per heavy atom. The van der Waals surface area contributed by atoms with Crippen molar-refractivity contribution in [2.45, 2.75) is 0 Å². The Labute approximate surface area is 50.3 Å². The molecule has 0 fully saturated rings. The van der Waals surface area contributed by atoms with Gasteiger partial charge in [-0.15, -0.1) is 0 Å². The molecule has 0 aromatic rings. The third-order valence-electron chi connectivity index (χ3n) is 0.487. The van der Waals surface area contributed by atoms with Gasteiger partial charge < -0.3 is 4.74 Å². The molecule has 0 aromatic heterocycles. The zero-order valence-corrected chi connectivity index (χ0v) is 4.72. The van der Waals surface area contributed by atoms with Gasteiger partial charge in [0.05, 0.1) is 6.54 Å². The summed E-state index contributed by atoms with van der Waals surface area (Å²) in [6, 6.07) is 0. The van der Waals surface area contributed by atoms with Crippen LogP contribution in [0.5, 0.6) is 0 Å². The average Bonchev–Trinajstić information content (AvgIpc) is 1.76. The summed E-state index contributed by atoms with van der Waals surface area (Å²) in [6.45, 7) is 1.62. The van der Waals surface area contributed by atoms with Crippen LogP contribution in [0.1, 0.15) is 0 Å². The first-order valence-corrected chi connectivity index (χ1v) is 1.60. The summed E-state index contributed by atoms with van der Waals surface area (Å²) in [5.41, 5.74) is 0. The quantitative estimate of drug-likeness (QED) is 0.479. The van der Waals surface area contributed by atoms with Gasteiger partial charge in [-0.2, -0.15) is 0 Å². The molecule has 0 saturated carbocycles. The first-order valence-electron chi connectivity index (χ1n) is 1.60. The SMILES string of the molecule is C1=NCCO1.[Pd]. The van der Waals surface area contributed by atoms with E-state index in [1.165, 1.54) is 6.40 Å². The van der Waals surface area contributed by atoms with E-state index >= 15 is 0 Å². The Hall–Kier alpha value is 0.132. The van der Waals surface area contributed by atoms with E-state index in [1.807, 2.05) is 0 Å². The Balaban J connectivity index is 0.000000250. The maximum absolute atomic E-state index is 4.65. The van der Waals surface area contributed by atoms with E-state index in [0.717, 1.165) is 13.2 Å². The van der Waals surface area contributed by atoms with Crippen molar-refractivity contribution in [2.24, 2.45) is 4.99 Å². The largest absolute Gasteiger partial charge is 0.482 e. The van der Waals surface area contributed by atoms with Crippen LogP contribution in [-0.2, 0) is 25.2 Å². The van der Waals surface area contributed by atoms with Crippen molar-refractivity contribution in [3.8, 4) is 0 Å². The molecule has 0 amide bonds. The average molecular weight is 177 g/mol. The summed E-state index contributed by atoms with van der Waals surface area (Å²) in [5, 5.41) is 0. The summed E-state index contributed by atoms with van der Waals surface area (Å²) in [7, 11) is 0. The first-order chi connectivity index (χ1) is 2.50. The third-order valence-corrected chi connectivity index (χ3v) is 0.487. The van der Waals surface area contributed by atoms with Gasteiger partial charge in [0.15, 0.2) is 6.40 Å². The molecule has 0 spiro atoms. The molecule has 0 N–H and O–H groups in total. The van der Waals surface area contributed by atoms with Crippen LogP contribution in [0, 0.1) is 0 Å². The summed E-state index contributed by atoms with van der Waals surface area (Å²) in [4.78, 5) is 3.74. The van der Waals surface area contributed by atoms with Crippen molar-refractivity contribution in [2.75, 3.05) is 13.2 Å². The normalized spacial score (nSPS) is 16.0. The number of aliphatic imine (C=N–C) groups is 1. The molecule has 6 heavy (non-hydrogen) atoms. The summed E-state index contributed by atoms with van der Waals surface area (Å²) < 4.78 is 4.65. The van der Waals surface area contributed by atoms with E-state index in [0.29, 0.717) is 0 Å². The minimum Gasteiger partial charge on any atom is -0.482 e. The standard InChI is InChI=1S/C3H5NO.Pd/c1-2-5-3-4-1;/h3H,1-2H2;. The monoisotopic (exact) mass is 177 g/mol. The zero-order valence-electron chi connectivity index (χ0n) is 3.16. The second-order valence-electron chi connectivity index (χ2n) is 0.882. The van der Waals surface area contributed by atoms with Crippen LogP contribution in [0.2, 0.25) is 0 Å². The number of ether oxygens (including phenoxy) is 1. The minimum atomic E-state index is 0. The molecule has 0 atom stereocenters. The van der Waals surface area contributed by atoms with Gasteiger partial charge in [0.25, 0.3) is 0 Å². The van der Waals surface area contributed by atoms with Crippen molar-refractivity contribution in [1.82, 2.24) is 0 Å². The van der Waals surface area contributed by atoms with E-state index in [-0.39, 0.29) is 20.4 Å². The maximum atomic E-state index is 4.65. The molecule has 2 nitrogen and oxygen atoms in total. The van der Waals surface area contributed by atoms with Gasteiger partial charge in [-0.05, 0) is 0 Å². The fourth-order valence-electron chi connectivity index (χ4n) is 0.264. The number of hydrogen-bond acceptors (Lipinski definition) is 2. The molecular formula is C3H5NOPd. The van der Waals surface area contributed by atoms with Crippen LogP contribution >= 0.6 is 0 Å². The van der Waals surface area contributed by atoms with Crippen molar-refractivity contribution in [3.63, 3.8) is 0 Å². The van der Waals surface area contributed by atoms with E-state index in [1.54, 1.807) is 0 Å². The van der Waals surface area contributed by atoms with E-state index in [2.05, 4.69) is 9.73 Å². The number of rotatable bonds is 0. The van der Waals surface area contributed by atoms with Gasteiger partial charge in [-0.1, -0.05) is 0 Å².